The summed E-state index contributed by atoms with van der Waals surface area (Å²) in [6, 6.07) is 13.7. The molecule has 0 aliphatic rings. The van der Waals surface area contributed by atoms with E-state index in [0.717, 1.165) is 22.4 Å². The lowest BCUT2D eigenvalue weighted by molar-refractivity contribution is -0.118. The third-order valence-electron chi connectivity index (χ3n) is 4.93. The number of benzene rings is 2. The molecule has 6 nitrogen and oxygen atoms in total. The second kappa shape index (κ2) is 9.94. The lowest BCUT2D eigenvalue weighted by Gasteiger charge is -2.20. The number of thiazole rings is 1. The lowest BCUT2D eigenvalue weighted by Crippen LogP contribution is -2.30. The molecule has 0 fully saturated rings. The molecule has 0 radical (unpaired) electrons. The van der Waals surface area contributed by atoms with Crippen LogP contribution in [0.5, 0.6) is 0 Å². The molecule has 0 unspecified atom stereocenters. The van der Waals surface area contributed by atoms with E-state index in [1.54, 1.807) is 24.5 Å². The van der Waals surface area contributed by atoms with Crippen LogP contribution < -0.4 is 4.90 Å². The van der Waals surface area contributed by atoms with Gasteiger partial charge in [0, 0.05) is 18.8 Å². The molecular formula is C23H19ClFN3O3S2. The molecule has 4 aromatic rings. The molecular weight excluding hydrogens is 485 g/mol. The normalized spacial score (nSPS) is 11.6. The van der Waals surface area contributed by atoms with Gasteiger partial charge in [0.15, 0.2) is 15.0 Å². The molecule has 0 saturated carbocycles. The second-order valence-electron chi connectivity index (χ2n) is 7.30. The third kappa shape index (κ3) is 5.55. The van der Waals surface area contributed by atoms with Crippen LogP contribution >= 0.6 is 22.9 Å². The fourth-order valence-electron chi connectivity index (χ4n) is 3.26. The molecule has 0 spiro atoms. The SMILES string of the molecule is O=C(CCCS(=O)(=O)c1ccc(F)cc1)N(Cc1cccnc1)c1nc2c(Cl)cccc2s1. The number of anilines is 1. The Bertz CT molecular complexity index is 1380. The Morgan fingerprint density at radius 1 is 1.09 bits per heavy atom. The zero-order chi connectivity index (χ0) is 23.4. The quantitative estimate of drug-likeness (QED) is 0.306. The van der Waals surface area contributed by atoms with Crippen LogP contribution in [0.25, 0.3) is 10.2 Å². The first-order valence-electron chi connectivity index (χ1n) is 10.1. The van der Waals surface area contributed by atoms with Gasteiger partial charge < -0.3 is 0 Å². The molecule has 2 aromatic heterocycles. The first-order chi connectivity index (χ1) is 15.8. The van der Waals surface area contributed by atoms with Crippen LogP contribution in [0.1, 0.15) is 18.4 Å². The number of nitrogens with zero attached hydrogens (tertiary/aromatic N) is 3. The van der Waals surface area contributed by atoms with Crippen molar-refractivity contribution in [3.8, 4) is 0 Å². The van der Waals surface area contributed by atoms with Crippen molar-refractivity contribution in [3.63, 3.8) is 0 Å². The van der Waals surface area contributed by atoms with Crippen LogP contribution in [0.2, 0.25) is 5.02 Å². The topological polar surface area (TPSA) is 80.2 Å². The fraction of sp³-hybridized carbons (Fsp3) is 0.174. The van der Waals surface area contributed by atoms with Crippen molar-refractivity contribution in [2.75, 3.05) is 10.7 Å². The van der Waals surface area contributed by atoms with Crippen LogP contribution in [0.15, 0.2) is 71.9 Å². The maximum Gasteiger partial charge on any atom is 0.229 e. The largest absolute Gasteiger partial charge is 0.284 e. The van der Waals surface area contributed by atoms with Gasteiger partial charge in [0.1, 0.15) is 11.3 Å². The molecule has 4 rings (SSSR count). The summed E-state index contributed by atoms with van der Waals surface area (Å²) in [4.78, 5) is 23.4. The highest BCUT2D eigenvalue weighted by molar-refractivity contribution is 7.91. The number of para-hydroxylation sites is 1. The molecule has 0 aliphatic heterocycles. The maximum atomic E-state index is 13.2. The van der Waals surface area contributed by atoms with E-state index in [1.807, 2.05) is 18.2 Å². The zero-order valence-electron chi connectivity index (χ0n) is 17.3. The number of sulfone groups is 1. The first-order valence-corrected chi connectivity index (χ1v) is 12.9. The minimum absolute atomic E-state index is 0.00431. The van der Waals surface area contributed by atoms with E-state index >= 15 is 0 Å². The minimum atomic E-state index is -3.63. The number of rotatable bonds is 8. The number of carbonyl (C=O) groups excluding carboxylic acids is 1. The monoisotopic (exact) mass is 503 g/mol. The number of fused-ring (bicyclic) bond motifs is 1. The van der Waals surface area contributed by atoms with Crippen LogP contribution in [-0.2, 0) is 21.2 Å². The standard InChI is InChI=1S/C23H19ClFN3O3S2/c24-19-5-1-6-20-22(19)27-23(32-20)28(15-16-4-2-12-26-14-16)21(29)7-3-13-33(30,31)18-10-8-17(25)9-11-18/h1-2,4-6,8-12,14H,3,7,13,15H2. The van der Waals surface area contributed by atoms with Crippen LogP contribution in [0.3, 0.4) is 0 Å². The van der Waals surface area contributed by atoms with Gasteiger partial charge in [0.05, 0.1) is 26.9 Å². The zero-order valence-corrected chi connectivity index (χ0v) is 19.7. The molecule has 0 atom stereocenters. The smallest absolute Gasteiger partial charge is 0.229 e. The van der Waals surface area contributed by atoms with Crippen LogP contribution in [0, 0.1) is 5.82 Å². The predicted molar refractivity (Wildman–Crippen MR) is 128 cm³/mol. The van der Waals surface area contributed by atoms with Crippen molar-refractivity contribution in [1.82, 2.24) is 9.97 Å². The lowest BCUT2D eigenvalue weighted by atomic mass is 10.2. The summed E-state index contributed by atoms with van der Waals surface area (Å²) in [5.41, 5.74) is 1.43. The Morgan fingerprint density at radius 3 is 2.58 bits per heavy atom. The Labute approximate surface area is 199 Å². The number of halogens is 2. The highest BCUT2D eigenvalue weighted by Crippen LogP contribution is 2.33. The molecule has 0 aliphatic carbocycles. The van der Waals surface area contributed by atoms with E-state index < -0.39 is 15.7 Å². The first kappa shape index (κ1) is 23.3. The molecule has 10 heteroatoms. The van der Waals surface area contributed by atoms with Crippen molar-refractivity contribution in [3.05, 3.63) is 83.4 Å². The molecule has 2 aromatic carbocycles. The van der Waals surface area contributed by atoms with Gasteiger partial charge in [-0.15, -0.1) is 0 Å². The highest BCUT2D eigenvalue weighted by atomic mass is 35.5. The number of amides is 1. The van der Waals surface area contributed by atoms with E-state index in [1.165, 1.54) is 28.4 Å². The van der Waals surface area contributed by atoms with Gasteiger partial charge in [-0.1, -0.05) is 35.1 Å². The predicted octanol–water partition coefficient (Wildman–Crippen LogP) is 5.27. The maximum absolute atomic E-state index is 13.2. The van der Waals surface area contributed by atoms with E-state index in [-0.39, 0.29) is 35.9 Å². The van der Waals surface area contributed by atoms with E-state index in [2.05, 4.69) is 9.97 Å². The number of pyridine rings is 1. The van der Waals surface area contributed by atoms with Crippen molar-refractivity contribution < 1.29 is 17.6 Å². The summed E-state index contributed by atoms with van der Waals surface area (Å²) >= 11 is 7.60. The summed E-state index contributed by atoms with van der Waals surface area (Å²) in [6.07, 6.45) is 3.44. The van der Waals surface area contributed by atoms with Crippen molar-refractivity contribution >= 4 is 54.0 Å². The summed E-state index contributed by atoms with van der Waals surface area (Å²) in [5, 5.41) is 0.975. The molecule has 0 N–H and O–H groups in total. The second-order valence-corrected chi connectivity index (χ2v) is 10.8. The summed E-state index contributed by atoms with van der Waals surface area (Å²) in [7, 11) is -3.63. The summed E-state index contributed by atoms with van der Waals surface area (Å²) < 4.78 is 39.0. The van der Waals surface area contributed by atoms with Crippen LogP contribution in [-0.4, -0.2) is 30.0 Å². The van der Waals surface area contributed by atoms with Gasteiger partial charge in [-0.05, 0) is 54.4 Å². The van der Waals surface area contributed by atoms with E-state index in [0.29, 0.717) is 15.7 Å². The van der Waals surface area contributed by atoms with Gasteiger partial charge in [0.2, 0.25) is 5.91 Å². The van der Waals surface area contributed by atoms with E-state index in [9.17, 15) is 17.6 Å². The van der Waals surface area contributed by atoms with Gasteiger partial charge in [0.25, 0.3) is 0 Å². The van der Waals surface area contributed by atoms with Crippen molar-refractivity contribution in [2.45, 2.75) is 24.3 Å². The molecule has 33 heavy (non-hydrogen) atoms. The average Bonchev–Trinajstić information content (AvgIpc) is 3.23. The van der Waals surface area contributed by atoms with Gasteiger partial charge >= 0.3 is 0 Å². The van der Waals surface area contributed by atoms with Gasteiger partial charge in [-0.2, -0.15) is 0 Å². The Morgan fingerprint density at radius 2 is 1.88 bits per heavy atom. The molecule has 1 amide bonds. The molecule has 170 valence electrons. The summed E-state index contributed by atoms with van der Waals surface area (Å²) in [6.45, 7) is 0.245. The number of hydrogen-bond donors (Lipinski definition) is 0. The van der Waals surface area contributed by atoms with Crippen LogP contribution in [0.4, 0.5) is 9.52 Å². The average molecular weight is 504 g/mol. The molecule has 2 heterocycles. The fourth-order valence-corrected chi connectivity index (χ4v) is 5.86. The Kier molecular flexibility index (Phi) is 7.02. The van der Waals surface area contributed by atoms with Crippen molar-refractivity contribution in [1.29, 1.82) is 0 Å². The summed E-state index contributed by atoms with van der Waals surface area (Å²) in [5.74, 6) is -0.994. The minimum Gasteiger partial charge on any atom is -0.284 e. The van der Waals surface area contributed by atoms with E-state index in [4.69, 9.17) is 11.6 Å². The molecule has 0 bridgehead atoms. The van der Waals surface area contributed by atoms with Gasteiger partial charge in [-0.3, -0.25) is 14.7 Å². The third-order valence-corrected chi connectivity index (χ3v) is 8.10. The highest BCUT2D eigenvalue weighted by Gasteiger charge is 2.22. The Hall–Kier alpha value is -2.88. The number of carbonyl (C=O) groups is 1. The number of hydrogen-bond acceptors (Lipinski definition) is 6. The van der Waals surface area contributed by atoms with Gasteiger partial charge in [-0.25, -0.2) is 17.8 Å². The Balaban J connectivity index is 1.53. The van der Waals surface area contributed by atoms with Crippen molar-refractivity contribution in [2.24, 2.45) is 0 Å². The molecule has 0 saturated heterocycles. The number of aromatic nitrogens is 2.